The molecule has 2 heterocycles. The summed E-state index contributed by atoms with van der Waals surface area (Å²) in [6.07, 6.45) is 4.83. The third kappa shape index (κ3) is 3.58. The summed E-state index contributed by atoms with van der Waals surface area (Å²) in [5.74, 6) is 0. The second-order valence-corrected chi connectivity index (χ2v) is 6.06. The van der Waals surface area contributed by atoms with Crippen LogP contribution in [-0.2, 0) is 6.42 Å². The summed E-state index contributed by atoms with van der Waals surface area (Å²) in [6, 6.07) is 6.79. The molecule has 1 fully saturated rings. The second-order valence-electron chi connectivity index (χ2n) is 5.00. The van der Waals surface area contributed by atoms with Gasteiger partial charge in [-0.15, -0.1) is 10.2 Å². The molecular weight excluding hydrogens is 256 g/mol. The van der Waals surface area contributed by atoms with Gasteiger partial charge in [0.2, 0.25) is 0 Å². The number of nitrogens with one attached hydrogen (secondary N) is 1. The first-order chi connectivity index (χ1) is 9.31. The molecule has 4 nitrogen and oxygen atoms in total. The monoisotopic (exact) mass is 274 g/mol. The lowest BCUT2D eigenvalue weighted by atomic mass is 10.3. The topological polar surface area (TPSA) is 50.7 Å². The Labute approximate surface area is 117 Å². The molecule has 0 amide bonds. The van der Waals surface area contributed by atoms with Crippen LogP contribution in [0.2, 0.25) is 0 Å². The van der Waals surface area contributed by atoms with E-state index >= 15 is 0 Å². The summed E-state index contributed by atoms with van der Waals surface area (Å²) >= 11 is 1.66. The fourth-order valence-electron chi connectivity index (χ4n) is 1.95. The molecule has 3 rings (SSSR count). The Morgan fingerprint density at radius 2 is 2.21 bits per heavy atom. The lowest BCUT2D eigenvalue weighted by Gasteiger charge is -1.99. The number of nitrogens with zero attached hydrogens (tertiary/aromatic N) is 3. The highest BCUT2D eigenvalue weighted by Crippen LogP contribution is 2.22. The van der Waals surface area contributed by atoms with E-state index in [4.69, 9.17) is 0 Å². The maximum Gasteiger partial charge on any atom is 0.166 e. The second kappa shape index (κ2) is 5.75. The maximum atomic E-state index is 4.48. The number of aryl methyl sites for hydroxylation is 2. The molecule has 2 aromatic rings. The van der Waals surface area contributed by atoms with Gasteiger partial charge in [-0.2, -0.15) is 0 Å². The van der Waals surface area contributed by atoms with Crippen molar-refractivity contribution in [2.24, 2.45) is 0 Å². The fraction of sp³-hybridized carbons (Fsp3) is 0.500. The van der Waals surface area contributed by atoms with E-state index < -0.39 is 0 Å². The average Bonchev–Trinajstić information content (AvgIpc) is 3.11. The van der Waals surface area contributed by atoms with Gasteiger partial charge < -0.3 is 5.32 Å². The Morgan fingerprint density at radius 1 is 1.32 bits per heavy atom. The third-order valence-corrected chi connectivity index (χ3v) is 4.16. The first-order valence-corrected chi connectivity index (χ1v) is 7.63. The van der Waals surface area contributed by atoms with E-state index in [0.29, 0.717) is 0 Å². The summed E-state index contributed by atoms with van der Waals surface area (Å²) < 4.78 is 0. The summed E-state index contributed by atoms with van der Waals surface area (Å²) in [7, 11) is 0. The third-order valence-electron chi connectivity index (χ3n) is 3.15. The number of pyridine rings is 1. The quantitative estimate of drug-likeness (QED) is 0.823. The van der Waals surface area contributed by atoms with Crippen LogP contribution in [0.1, 0.15) is 30.0 Å². The van der Waals surface area contributed by atoms with Gasteiger partial charge in [-0.3, -0.25) is 4.98 Å². The van der Waals surface area contributed by atoms with Crippen LogP contribution in [0.15, 0.2) is 18.2 Å². The molecule has 0 saturated heterocycles. The molecule has 100 valence electrons. The van der Waals surface area contributed by atoms with Crippen molar-refractivity contribution in [1.29, 1.82) is 0 Å². The zero-order valence-electron chi connectivity index (χ0n) is 11.1. The number of rotatable bonds is 6. The van der Waals surface area contributed by atoms with Gasteiger partial charge in [-0.25, -0.2) is 0 Å². The zero-order chi connectivity index (χ0) is 13.1. The molecule has 19 heavy (non-hydrogen) atoms. The molecule has 0 radical (unpaired) electrons. The van der Waals surface area contributed by atoms with E-state index in [1.807, 2.05) is 25.1 Å². The van der Waals surface area contributed by atoms with Gasteiger partial charge in [0.25, 0.3) is 0 Å². The van der Waals surface area contributed by atoms with E-state index in [2.05, 4.69) is 20.5 Å². The average molecular weight is 274 g/mol. The standard InChI is InChI=1S/C14H18N4S/c1-10-4-2-5-12(16-10)14-18-17-13(19-14)6-3-9-15-11-7-8-11/h2,4-5,11,15H,3,6-9H2,1H3. The highest BCUT2D eigenvalue weighted by atomic mass is 32.1. The van der Waals surface area contributed by atoms with Crippen LogP contribution >= 0.6 is 11.3 Å². The van der Waals surface area contributed by atoms with E-state index in [0.717, 1.165) is 46.8 Å². The van der Waals surface area contributed by atoms with Crippen LogP contribution in [0.3, 0.4) is 0 Å². The largest absolute Gasteiger partial charge is 0.314 e. The number of hydrogen-bond acceptors (Lipinski definition) is 5. The van der Waals surface area contributed by atoms with Crippen molar-refractivity contribution in [2.45, 2.75) is 38.6 Å². The van der Waals surface area contributed by atoms with Crippen molar-refractivity contribution < 1.29 is 0 Å². The molecule has 0 aliphatic heterocycles. The van der Waals surface area contributed by atoms with Gasteiger partial charge >= 0.3 is 0 Å². The van der Waals surface area contributed by atoms with Crippen LogP contribution in [0, 0.1) is 6.92 Å². The SMILES string of the molecule is Cc1cccc(-c2nnc(CCCNC3CC3)s2)n1. The van der Waals surface area contributed by atoms with Gasteiger partial charge in [0.05, 0.1) is 0 Å². The van der Waals surface area contributed by atoms with Gasteiger partial charge in [0.15, 0.2) is 5.01 Å². The summed E-state index contributed by atoms with van der Waals surface area (Å²) in [4.78, 5) is 4.48. The van der Waals surface area contributed by atoms with E-state index in [-0.39, 0.29) is 0 Å². The van der Waals surface area contributed by atoms with E-state index in [1.54, 1.807) is 11.3 Å². The van der Waals surface area contributed by atoms with Gasteiger partial charge in [-0.1, -0.05) is 17.4 Å². The summed E-state index contributed by atoms with van der Waals surface area (Å²) in [5, 5.41) is 14.0. The van der Waals surface area contributed by atoms with Crippen molar-refractivity contribution in [3.63, 3.8) is 0 Å². The molecule has 0 aromatic carbocycles. The van der Waals surface area contributed by atoms with Crippen molar-refractivity contribution in [1.82, 2.24) is 20.5 Å². The predicted octanol–water partition coefficient (Wildman–Crippen LogP) is 2.59. The maximum absolute atomic E-state index is 4.48. The molecule has 0 unspecified atom stereocenters. The van der Waals surface area contributed by atoms with E-state index in [1.165, 1.54) is 12.8 Å². The van der Waals surface area contributed by atoms with Crippen LogP contribution in [0.25, 0.3) is 10.7 Å². The molecule has 1 aliphatic rings. The molecule has 0 bridgehead atoms. The van der Waals surface area contributed by atoms with Crippen molar-refractivity contribution in [2.75, 3.05) is 6.54 Å². The first-order valence-electron chi connectivity index (χ1n) is 6.81. The minimum Gasteiger partial charge on any atom is -0.314 e. The normalized spacial score (nSPS) is 14.8. The molecule has 1 N–H and O–H groups in total. The highest BCUT2D eigenvalue weighted by Gasteiger charge is 2.19. The Morgan fingerprint density at radius 3 is 3.00 bits per heavy atom. The fourth-order valence-corrected chi connectivity index (χ4v) is 2.80. The zero-order valence-corrected chi connectivity index (χ0v) is 11.9. The van der Waals surface area contributed by atoms with Crippen molar-refractivity contribution in [3.8, 4) is 10.7 Å². The molecule has 5 heteroatoms. The smallest absolute Gasteiger partial charge is 0.166 e. The Hall–Kier alpha value is -1.33. The van der Waals surface area contributed by atoms with E-state index in [9.17, 15) is 0 Å². The highest BCUT2D eigenvalue weighted by molar-refractivity contribution is 7.14. The van der Waals surface area contributed by atoms with Gasteiger partial charge in [0.1, 0.15) is 10.7 Å². The van der Waals surface area contributed by atoms with Crippen molar-refractivity contribution >= 4 is 11.3 Å². The summed E-state index contributed by atoms with van der Waals surface area (Å²) in [6.45, 7) is 3.08. The van der Waals surface area contributed by atoms with Crippen LogP contribution in [-0.4, -0.2) is 27.8 Å². The van der Waals surface area contributed by atoms with Crippen LogP contribution in [0.4, 0.5) is 0 Å². The van der Waals surface area contributed by atoms with Crippen LogP contribution in [0.5, 0.6) is 0 Å². The lowest BCUT2D eigenvalue weighted by molar-refractivity contribution is 0.643. The van der Waals surface area contributed by atoms with Gasteiger partial charge in [-0.05, 0) is 44.9 Å². The van der Waals surface area contributed by atoms with Crippen LogP contribution < -0.4 is 5.32 Å². The lowest BCUT2D eigenvalue weighted by Crippen LogP contribution is -2.17. The molecule has 2 aromatic heterocycles. The minimum absolute atomic E-state index is 0.793. The number of aromatic nitrogens is 3. The summed E-state index contributed by atoms with van der Waals surface area (Å²) in [5.41, 5.74) is 1.95. The molecule has 0 spiro atoms. The first kappa shape index (κ1) is 12.7. The number of hydrogen-bond donors (Lipinski definition) is 1. The predicted molar refractivity (Wildman–Crippen MR) is 77.2 cm³/mol. The molecule has 0 atom stereocenters. The molecule has 1 aliphatic carbocycles. The molecule has 1 saturated carbocycles. The van der Waals surface area contributed by atoms with Crippen molar-refractivity contribution in [3.05, 3.63) is 28.9 Å². The minimum atomic E-state index is 0.793. The Bertz CT molecular complexity index is 548. The Kier molecular flexibility index (Phi) is 3.84. The van der Waals surface area contributed by atoms with Gasteiger partial charge in [0, 0.05) is 18.2 Å². The Balaban J connectivity index is 1.56. The molecular formula is C14H18N4S.